The maximum Gasteiger partial charge on any atom is 0.137 e. The lowest BCUT2D eigenvalue weighted by atomic mass is 10.1. The van der Waals surface area contributed by atoms with Crippen LogP contribution in [0.1, 0.15) is 49.7 Å². The highest BCUT2D eigenvalue weighted by molar-refractivity contribution is 5.09. The molecule has 0 bridgehead atoms. The van der Waals surface area contributed by atoms with Gasteiger partial charge in [0.1, 0.15) is 11.9 Å². The summed E-state index contributed by atoms with van der Waals surface area (Å²) in [6.45, 7) is 1.88. The van der Waals surface area contributed by atoms with Crippen molar-refractivity contribution in [2.75, 3.05) is 6.61 Å². The van der Waals surface area contributed by atoms with Crippen LogP contribution in [0.5, 0.6) is 0 Å². The van der Waals surface area contributed by atoms with Crippen LogP contribution < -0.4 is 0 Å². The molecule has 1 aromatic heterocycles. The fourth-order valence-electron chi connectivity index (χ4n) is 2.82. The Morgan fingerprint density at radius 1 is 1.35 bits per heavy atom. The average Bonchev–Trinajstić information content (AvgIpc) is 2.74. The van der Waals surface area contributed by atoms with E-state index in [0.717, 1.165) is 50.4 Å². The van der Waals surface area contributed by atoms with E-state index in [2.05, 4.69) is 15.7 Å². The first-order valence-corrected chi connectivity index (χ1v) is 6.68. The van der Waals surface area contributed by atoms with E-state index in [4.69, 9.17) is 4.74 Å². The zero-order valence-electron chi connectivity index (χ0n) is 10.1. The Hall–Kier alpha value is -0.870. The third kappa shape index (κ3) is 2.38. The van der Waals surface area contributed by atoms with Crippen LogP contribution in [0, 0.1) is 0 Å². The summed E-state index contributed by atoms with van der Waals surface area (Å²) in [6.07, 6.45) is 8.44. The van der Waals surface area contributed by atoms with E-state index in [-0.39, 0.29) is 6.10 Å². The first-order chi connectivity index (χ1) is 8.33. The second-order valence-corrected chi connectivity index (χ2v) is 5.13. The highest BCUT2D eigenvalue weighted by Gasteiger charge is 2.22. The third-order valence-corrected chi connectivity index (χ3v) is 3.74. The van der Waals surface area contributed by atoms with Crippen LogP contribution in [-0.4, -0.2) is 27.4 Å². The molecule has 0 saturated carbocycles. The molecule has 4 heteroatoms. The van der Waals surface area contributed by atoms with E-state index in [9.17, 15) is 5.11 Å². The van der Waals surface area contributed by atoms with Crippen molar-refractivity contribution in [1.82, 2.24) is 9.55 Å². The second kappa shape index (κ2) is 4.78. The van der Waals surface area contributed by atoms with E-state index >= 15 is 0 Å². The molecule has 1 fully saturated rings. The minimum Gasteiger partial charge on any atom is -0.385 e. The molecule has 4 nitrogen and oxygen atoms in total. The molecule has 17 heavy (non-hydrogen) atoms. The molecule has 2 aliphatic heterocycles. The van der Waals surface area contributed by atoms with E-state index in [1.54, 1.807) is 0 Å². The summed E-state index contributed by atoms with van der Waals surface area (Å²) < 4.78 is 7.83. The monoisotopic (exact) mass is 236 g/mol. The van der Waals surface area contributed by atoms with E-state index in [1.807, 2.05) is 0 Å². The number of aromatic nitrogens is 2. The Morgan fingerprint density at radius 3 is 3.06 bits per heavy atom. The Labute approximate surface area is 102 Å². The highest BCUT2D eigenvalue weighted by Crippen LogP contribution is 2.25. The van der Waals surface area contributed by atoms with Crippen molar-refractivity contribution in [3.63, 3.8) is 0 Å². The molecule has 0 spiro atoms. The Morgan fingerprint density at radius 2 is 2.29 bits per heavy atom. The van der Waals surface area contributed by atoms with Crippen molar-refractivity contribution in [2.24, 2.45) is 0 Å². The van der Waals surface area contributed by atoms with Gasteiger partial charge in [0.2, 0.25) is 0 Å². The second-order valence-electron chi connectivity index (χ2n) is 5.13. The van der Waals surface area contributed by atoms with Gasteiger partial charge in [-0.2, -0.15) is 0 Å². The minimum absolute atomic E-state index is 0.331. The van der Waals surface area contributed by atoms with Gasteiger partial charge in [0.05, 0.1) is 11.8 Å². The fourth-order valence-corrected chi connectivity index (χ4v) is 2.82. The van der Waals surface area contributed by atoms with Crippen molar-refractivity contribution in [1.29, 1.82) is 0 Å². The summed E-state index contributed by atoms with van der Waals surface area (Å²) in [6, 6.07) is 0. The van der Waals surface area contributed by atoms with Crippen LogP contribution in [0.4, 0.5) is 0 Å². The van der Waals surface area contributed by atoms with Gasteiger partial charge in [-0.25, -0.2) is 4.98 Å². The molecule has 0 aliphatic carbocycles. The van der Waals surface area contributed by atoms with Gasteiger partial charge in [0.25, 0.3) is 0 Å². The SMILES string of the molecule is OC1CCCn2cc(CC3CCCCO3)nc21. The maximum absolute atomic E-state index is 9.87. The third-order valence-electron chi connectivity index (χ3n) is 3.74. The van der Waals surface area contributed by atoms with Crippen LogP contribution in [0.2, 0.25) is 0 Å². The molecule has 1 N–H and O–H groups in total. The van der Waals surface area contributed by atoms with Gasteiger partial charge in [-0.05, 0) is 32.1 Å². The summed E-state index contributed by atoms with van der Waals surface area (Å²) >= 11 is 0. The lowest BCUT2D eigenvalue weighted by Crippen LogP contribution is -2.21. The van der Waals surface area contributed by atoms with Gasteiger partial charge < -0.3 is 14.4 Å². The summed E-state index contributed by atoms with van der Waals surface area (Å²) in [7, 11) is 0. The van der Waals surface area contributed by atoms with E-state index < -0.39 is 0 Å². The maximum atomic E-state index is 9.87. The number of aliphatic hydroxyl groups excluding tert-OH is 1. The summed E-state index contributed by atoms with van der Waals surface area (Å²) in [4.78, 5) is 4.56. The number of rotatable bonds is 2. The van der Waals surface area contributed by atoms with Crippen LogP contribution in [0.15, 0.2) is 6.20 Å². The minimum atomic E-state index is -0.371. The van der Waals surface area contributed by atoms with Crippen LogP contribution >= 0.6 is 0 Å². The molecule has 1 saturated heterocycles. The van der Waals surface area contributed by atoms with Gasteiger partial charge in [0, 0.05) is 25.8 Å². The fraction of sp³-hybridized carbons (Fsp3) is 0.769. The largest absolute Gasteiger partial charge is 0.385 e. The molecule has 2 unspecified atom stereocenters. The quantitative estimate of drug-likeness (QED) is 0.852. The van der Waals surface area contributed by atoms with Crippen molar-refractivity contribution < 1.29 is 9.84 Å². The van der Waals surface area contributed by atoms with Gasteiger partial charge in [-0.1, -0.05) is 0 Å². The van der Waals surface area contributed by atoms with Gasteiger partial charge in [0.15, 0.2) is 0 Å². The molecule has 0 amide bonds. The highest BCUT2D eigenvalue weighted by atomic mass is 16.5. The van der Waals surface area contributed by atoms with Gasteiger partial charge >= 0.3 is 0 Å². The summed E-state index contributed by atoms with van der Waals surface area (Å²) in [5, 5.41) is 9.87. The Bertz CT molecular complexity index is 383. The predicted molar refractivity (Wildman–Crippen MR) is 63.7 cm³/mol. The number of hydrogen-bond donors (Lipinski definition) is 1. The predicted octanol–water partition coefficient (Wildman–Crippen LogP) is 1.82. The first kappa shape index (κ1) is 11.2. The molecule has 3 heterocycles. The number of imidazole rings is 1. The molecule has 0 radical (unpaired) electrons. The van der Waals surface area contributed by atoms with Crippen LogP contribution in [-0.2, 0) is 17.7 Å². The van der Waals surface area contributed by atoms with E-state index in [1.165, 1.54) is 12.8 Å². The lowest BCUT2D eigenvalue weighted by Gasteiger charge is -2.21. The standard InChI is InChI=1S/C13H20N2O2/c16-12-5-3-6-15-9-10(14-13(12)15)8-11-4-1-2-7-17-11/h9,11-12,16H,1-8H2. The normalized spacial score (nSPS) is 29.0. The number of aliphatic hydroxyl groups is 1. The van der Waals surface area contributed by atoms with E-state index in [0.29, 0.717) is 6.10 Å². The number of nitrogens with zero attached hydrogens (tertiary/aromatic N) is 2. The van der Waals surface area contributed by atoms with Crippen molar-refractivity contribution in [3.05, 3.63) is 17.7 Å². The summed E-state index contributed by atoms with van der Waals surface area (Å²) in [5.41, 5.74) is 1.08. The number of fused-ring (bicyclic) bond motifs is 1. The molecule has 0 aromatic carbocycles. The number of aryl methyl sites for hydroxylation is 1. The van der Waals surface area contributed by atoms with Crippen molar-refractivity contribution in [3.8, 4) is 0 Å². The smallest absolute Gasteiger partial charge is 0.137 e. The molecule has 2 atom stereocenters. The first-order valence-electron chi connectivity index (χ1n) is 6.68. The average molecular weight is 236 g/mol. The summed E-state index contributed by atoms with van der Waals surface area (Å²) in [5.74, 6) is 0.849. The molecular formula is C13H20N2O2. The van der Waals surface area contributed by atoms with Crippen molar-refractivity contribution >= 4 is 0 Å². The number of hydrogen-bond acceptors (Lipinski definition) is 3. The number of ether oxygens (including phenoxy) is 1. The molecule has 1 aromatic rings. The zero-order valence-corrected chi connectivity index (χ0v) is 10.1. The van der Waals surface area contributed by atoms with Gasteiger partial charge in [-0.15, -0.1) is 0 Å². The molecule has 94 valence electrons. The lowest BCUT2D eigenvalue weighted by molar-refractivity contribution is 0.0162. The van der Waals surface area contributed by atoms with Crippen molar-refractivity contribution in [2.45, 2.75) is 57.3 Å². The van der Waals surface area contributed by atoms with Crippen LogP contribution in [0.3, 0.4) is 0 Å². The molecule has 2 aliphatic rings. The van der Waals surface area contributed by atoms with Gasteiger partial charge in [-0.3, -0.25) is 0 Å². The van der Waals surface area contributed by atoms with Crippen LogP contribution in [0.25, 0.3) is 0 Å². The Kier molecular flexibility index (Phi) is 3.16. The molecular weight excluding hydrogens is 216 g/mol. The zero-order chi connectivity index (χ0) is 11.7. The Balaban J connectivity index is 1.71. The topological polar surface area (TPSA) is 47.3 Å². The molecule has 3 rings (SSSR count).